The van der Waals surface area contributed by atoms with E-state index in [-0.39, 0.29) is 5.91 Å². The molecule has 2 heterocycles. The Bertz CT molecular complexity index is 637. The van der Waals surface area contributed by atoms with E-state index >= 15 is 0 Å². The molecule has 0 radical (unpaired) electrons. The smallest absolute Gasteiger partial charge is 0.231 e. The van der Waals surface area contributed by atoms with E-state index in [1.807, 2.05) is 30.5 Å². The number of anilines is 1. The summed E-state index contributed by atoms with van der Waals surface area (Å²) < 4.78 is 0. The predicted octanol–water partition coefficient (Wildman–Crippen LogP) is 0.991. The molecule has 0 spiro atoms. The molecule has 1 aromatic heterocycles. The molecule has 0 atom stereocenters. The summed E-state index contributed by atoms with van der Waals surface area (Å²) in [5, 5.41) is 4.42. The first-order valence-electron chi connectivity index (χ1n) is 7.20. The molecule has 0 bridgehead atoms. The standard InChI is InChI=1S/C15H19N5O/c16-14(21)10-20-7-5-12(6-8-20)18-15-17-9-11-3-1-2-4-13(11)19-15/h1-4,9,12H,5-8,10H2,(H2,16,21)(H,17,18,19). The number of likely N-dealkylation sites (tertiary alicyclic amines) is 1. The quantitative estimate of drug-likeness (QED) is 0.875. The number of aromatic nitrogens is 2. The van der Waals surface area contributed by atoms with Crippen molar-refractivity contribution in [2.45, 2.75) is 18.9 Å². The normalized spacial score (nSPS) is 17.0. The van der Waals surface area contributed by atoms with Gasteiger partial charge in [-0.15, -0.1) is 0 Å². The van der Waals surface area contributed by atoms with E-state index < -0.39 is 0 Å². The van der Waals surface area contributed by atoms with Crippen LogP contribution in [-0.2, 0) is 4.79 Å². The third-order valence-corrected chi connectivity index (χ3v) is 3.79. The van der Waals surface area contributed by atoms with Gasteiger partial charge in [-0.1, -0.05) is 18.2 Å². The number of fused-ring (bicyclic) bond motifs is 1. The molecule has 0 unspecified atom stereocenters. The number of rotatable bonds is 4. The van der Waals surface area contributed by atoms with Gasteiger partial charge in [0.15, 0.2) is 0 Å². The number of hydrogen-bond donors (Lipinski definition) is 2. The van der Waals surface area contributed by atoms with E-state index in [0.29, 0.717) is 18.5 Å². The van der Waals surface area contributed by atoms with E-state index in [9.17, 15) is 4.79 Å². The second kappa shape index (κ2) is 6.05. The molecule has 3 N–H and O–H groups in total. The molecule has 1 amide bonds. The van der Waals surface area contributed by atoms with Crippen LogP contribution in [0.25, 0.3) is 10.9 Å². The zero-order valence-corrected chi connectivity index (χ0v) is 11.8. The van der Waals surface area contributed by atoms with Gasteiger partial charge in [0.2, 0.25) is 11.9 Å². The highest BCUT2D eigenvalue weighted by Crippen LogP contribution is 2.16. The van der Waals surface area contributed by atoms with Gasteiger partial charge in [-0.2, -0.15) is 0 Å². The number of amides is 1. The van der Waals surface area contributed by atoms with E-state index in [0.717, 1.165) is 36.8 Å². The van der Waals surface area contributed by atoms with Gasteiger partial charge in [-0.05, 0) is 18.9 Å². The molecular weight excluding hydrogens is 266 g/mol. The van der Waals surface area contributed by atoms with Crippen molar-refractivity contribution < 1.29 is 4.79 Å². The molecule has 6 nitrogen and oxygen atoms in total. The number of nitrogens with zero attached hydrogens (tertiary/aromatic N) is 3. The lowest BCUT2D eigenvalue weighted by Gasteiger charge is -2.31. The molecule has 110 valence electrons. The lowest BCUT2D eigenvalue weighted by Crippen LogP contribution is -2.43. The van der Waals surface area contributed by atoms with Crippen molar-refractivity contribution in [1.82, 2.24) is 14.9 Å². The summed E-state index contributed by atoms with van der Waals surface area (Å²) in [4.78, 5) is 21.9. The van der Waals surface area contributed by atoms with Crippen molar-refractivity contribution in [1.29, 1.82) is 0 Å². The maximum absolute atomic E-state index is 10.9. The van der Waals surface area contributed by atoms with E-state index in [1.165, 1.54) is 0 Å². The minimum Gasteiger partial charge on any atom is -0.369 e. The Morgan fingerprint density at radius 3 is 2.86 bits per heavy atom. The predicted molar refractivity (Wildman–Crippen MR) is 81.8 cm³/mol. The number of nitrogens with one attached hydrogen (secondary N) is 1. The number of carbonyl (C=O) groups excluding carboxylic acids is 1. The lowest BCUT2D eigenvalue weighted by molar-refractivity contribution is -0.119. The van der Waals surface area contributed by atoms with Gasteiger partial charge in [0, 0.05) is 30.7 Å². The van der Waals surface area contributed by atoms with Crippen LogP contribution in [0, 0.1) is 0 Å². The van der Waals surface area contributed by atoms with E-state index in [4.69, 9.17) is 5.73 Å². The van der Waals surface area contributed by atoms with E-state index in [2.05, 4.69) is 20.2 Å². The van der Waals surface area contributed by atoms with Gasteiger partial charge in [0.25, 0.3) is 0 Å². The van der Waals surface area contributed by atoms with Crippen LogP contribution in [0.1, 0.15) is 12.8 Å². The van der Waals surface area contributed by atoms with Gasteiger partial charge in [0.1, 0.15) is 0 Å². The topological polar surface area (TPSA) is 84.1 Å². The number of piperidine rings is 1. The summed E-state index contributed by atoms with van der Waals surface area (Å²) in [5.41, 5.74) is 6.16. The van der Waals surface area contributed by atoms with Gasteiger partial charge in [-0.3, -0.25) is 9.69 Å². The average molecular weight is 285 g/mol. The second-order valence-corrected chi connectivity index (χ2v) is 5.41. The molecule has 0 saturated carbocycles. The van der Waals surface area contributed by atoms with Crippen molar-refractivity contribution in [3.8, 4) is 0 Å². The largest absolute Gasteiger partial charge is 0.369 e. The van der Waals surface area contributed by atoms with Crippen LogP contribution >= 0.6 is 0 Å². The first-order valence-corrected chi connectivity index (χ1v) is 7.20. The average Bonchev–Trinajstić information content (AvgIpc) is 2.49. The van der Waals surface area contributed by atoms with Crippen LogP contribution in [0.2, 0.25) is 0 Å². The maximum atomic E-state index is 10.9. The van der Waals surface area contributed by atoms with Crippen molar-refractivity contribution >= 4 is 22.8 Å². The minimum absolute atomic E-state index is 0.265. The molecule has 3 rings (SSSR count). The second-order valence-electron chi connectivity index (χ2n) is 5.41. The summed E-state index contributed by atoms with van der Waals surface area (Å²) in [5.74, 6) is 0.404. The Kier molecular flexibility index (Phi) is 3.96. The van der Waals surface area contributed by atoms with Gasteiger partial charge in [0.05, 0.1) is 12.1 Å². The lowest BCUT2D eigenvalue weighted by atomic mass is 10.1. The zero-order valence-electron chi connectivity index (χ0n) is 11.8. The Hall–Kier alpha value is -2.21. The van der Waals surface area contributed by atoms with Crippen LogP contribution in [0.15, 0.2) is 30.5 Å². The SMILES string of the molecule is NC(=O)CN1CCC(Nc2ncc3ccccc3n2)CC1. The summed E-state index contributed by atoms with van der Waals surface area (Å²) in [6.45, 7) is 2.08. The van der Waals surface area contributed by atoms with E-state index in [1.54, 1.807) is 0 Å². The highest BCUT2D eigenvalue weighted by molar-refractivity contribution is 5.78. The van der Waals surface area contributed by atoms with Crippen LogP contribution in [-0.4, -0.2) is 46.5 Å². The fourth-order valence-corrected chi connectivity index (χ4v) is 2.68. The van der Waals surface area contributed by atoms with Crippen molar-refractivity contribution in [3.63, 3.8) is 0 Å². The highest BCUT2D eigenvalue weighted by atomic mass is 16.1. The number of benzene rings is 1. The fraction of sp³-hybridized carbons (Fsp3) is 0.400. The van der Waals surface area contributed by atoms with Crippen molar-refractivity contribution in [2.24, 2.45) is 5.73 Å². The third-order valence-electron chi connectivity index (χ3n) is 3.79. The molecule has 1 aromatic carbocycles. The first-order chi connectivity index (χ1) is 10.2. The number of nitrogens with two attached hydrogens (primary N) is 1. The number of hydrogen-bond acceptors (Lipinski definition) is 5. The van der Waals surface area contributed by atoms with Crippen LogP contribution in [0.4, 0.5) is 5.95 Å². The highest BCUT2D eigenvalue weighted by Gasteiger charge is 2.20. The third kappa shape index (κ3) is 3.46. The van der Waals surface area contributed by atoms with Gasteiger partial charge < -0.3 is 11.1 Å². The number of primary amides is 1. The number of para-hydroxylation sites is 1. The molecule has 1 saturated heterocycles. The minimum atomic E-state index is -0.265. The molecule has 6 heteroatoms. The van der Waals surface area contributed by atoms with Crippen molar-refractivity contribution in [2.75, 3.05) is 25.0 Å². The van der Waals surface area contributed by atoms with Crippen LogP contribution in [0.5, 0.6) is 0 Å². The van der Waals surface area contributed by atoms with Crippen molar-refractivity contribution in [3.05, 3.63) is 30.5 Å². The van der Waals surface area contributed by atoms with Crippen LogP contribution < -0.4 is 11.1 Å². The Labute approximate surface area is 123 Å². The zero-order chi connectivity index (χ0) is 14.7. The molecule has 0 aliphatic carbocycles. The Morgan fingerprint density at radius 1 is 1.33 bits per heavy atom. The molecule has 1 aliphatic rings. The molecule has 1 aliphatic heterocycles. The summed E-state index contributed by atoms with van der Waals surface area (Å²) >= 11 is 0. The molecule has 1 fully saturated rings. The maximum Gasteiger partial charge on any atom is 0.231 e. The first kappa shape index (κ1) is 13.8. The van der Waals surface area contributed by atoms with Gasteiger partial charge in [-0.25, -0.2) is 9.97 Å². The van der Waals surface area contributed by atoms with Gasteiger partial charge >= 0.3 is 0 Å². The Balaban J connectivity index is 1.60. The Morgan fingerprint density at radius 2 is 2.10 bits per heavy atom. The summed E-state index contributed by atoms with van der Waals surface area (Å²) in [7, 11) is 0. The summed E-state index contributed by atoms with van der Waals surface area (Å²) in [6, 6.07) is 8.28. The molecule has 21 heavy (non-hydrogen) atoms. The monoisotopic (exact) mass is 285 g/mol. The molecular formula is C15H19N5O. The number of carbonyl (C=O) groups is 1. The molecule has 2 aromatic rings. The van der Waals surface area contributed by atoms with Crippen LogP contribution in [0.3, 0.4) is 0 Å². The summed E-state index contributed by atoms with van der Waals surface area (Å²) in [6.07, 6.45) is 3.76. The fourth-order valence-electron chi connectivity index (χ4n) is 2.68.